The molecule has 14 nitrogen and oxygen atoms in total. The number of carbonyl (C=O) groups is 4. The van der Waals surface area contributed by atoms with Crippen molar-refractivity contribution in [2.24, 2.45) is 5.73 Å². The normalized spacial score (nSPS) is 11.8. The number of hydrogen-bond acceptors (Lipinski definition) is 11. The summed E-state index contributed by atoms with van der Waals surface area (Å²) in [7, 11) is 0. The Balaban J connectivity index is 1.97. The number of benzene rings is 1. The number of esters is 1. The maximum atomic E-state index is 12.6. The van der Waals surface area contributed by atoms with Crippen molar-refractivity contribution in [1.82, 2.24) is 16.0 Å². The van der Waals surface area contributed by atoms with Crippen LogP contribution >= 0.6 is 0 Å². The van der Waals surface area contributed by atoms with Gasteiger partial charge in [0.05, 0.1) is 65.8 Å². The Kier molecular flexibility index (Phi) is 22.0. The maximum Gasteiger partial charge on any atom is 0.408 e. The molecule has 1 aromatic carbocycles. The van der Waals surface area contributed by atoms with Gasteiger partial charge in [0.25, 0.3) is 0 Å². The van der Waals surface area contributed by atoms with Crippen LogP contribution in [0, 0.1) is 0 Å². The molecule has 0 fully saturated rings. The van der Waals surface area contributed by atoms with Crippen LogP contribution in [0.1, 0.15) is 52.0 Å². The van der Waals surface area contributed by atoms with E-state index in [0.717, 1.165) is 5.56 Å². The van der Waals surface area contributed by atoms with Gasteiger partial charge in [0.1, 0.15) is 18.2 Å². The molecule has 0 aliphatic rings. The molecule has 3 amide bonds. The van der Waals surface area contributed by atoms with Crippen molar-refractivity contribution >= 4 is 23.9 Å². The molecule has 0 bridgehead atoms. The summed E-state index contributed by atoms with van der Waals surface area (Å²) < 4.78 is 32.1. The van der Waals surface area contributed by atoms with E-state index in [1.165, 1.54) is 0 Å². The van der Waals surface area contributed by atoms with Gasteiger partial charge in [0, 0.05) is 6.54 Å². The van der Waals surface area contributed by atoms with E-state index in [1.54, 1.807) is 20.8 Å². The highest BCUT2D eigenvalue weighted by molar-refractivity contribution is 5.89. The molecule has 5 N–H and O–H groups in total. The summed E-state index contributed by atoms with van der Waals surface area (Å²) in [6, 6.07) is 8.64. The number of rotatable bonds is 25. The van der Waals surface area contributed by atoms with Gasteiger partial charge < -0.3 is 50.1 Å². The molecule has 0 aliphatic carbocycles. The predicted molar refractivity (Wildman–Crippen MR) is 166 cm³/mol. The van der Waals surface area contributed by atoms with Gasteiger partial charge in [0.15, 0.2) is 0 Å². The molecule has 1 aromatic rings. The number of amides is 3. The third-order valence-electron chi connectivity index (χ3n) is 5.76. The largest absolute Gasteiger partial charge is 0.461 e. The smallest absolute Gasteiger partial charge is 0.408 e. The number of nitrogens with two attached hydrogens (primary N) is 1. The van der Waals surface area contributed by atoms with Crippen LogP contribution in [-0.4, -0.2) is 108 Å². The van der Waals surface area contributed by atoms with Gasteiger partial charge in [-0.05, 0) is 52.1 Å². The van der Waals surface area contributed by atoms with E-state index < -0.39 is 23.6 Å². The van der Waals surface area contributed by atoms with Crippen molar-refractivity contribution < 1.29 is 47.6 Å². The average molecular weight is 641 g/mol. The Hall–Kier alpha value is -3.30. The zero-order valence-electron chi connectivity index (χ0n) is 26.9. The maximum absolute atomic E-state index is 12.6. The predicted octanol–water partition coefficient (Wildman–Crippen LogP) is 1.44. The fourth-order valence-corrected chi connectivity index (χ4v) is 3.55. The Morgan fingerprint density at radius 2 is 1.40 bits per heavy atom. The molecule has 0 saturated carbocycles. The molecular weight excluding hydrogens is 588 g/mol. The van der Waals surface area contributed by atoms with E-state index in [0.29, 0.717) is 65.4 Å². The van der Waals surface area contributed by atoms with E-state index >= 15 is 0 Å². The molecule has 256 valence electrons. The third-order valence-corrected chi connectivity index (χ3v) is 5.76. The molecule has 0 saturated heterocycles. The summed E-state index contributed by atoms with van der Waals surface area (Å²) in [5.41, 5.74) is 5.76. The van der Waals surface area contributed by atoms with Crippen LogP contribution in [0.15, 0.2) is 30.3 Å². The first-order chi connectivity index (χ1) is 21.6. The number of unbranched alkanes of at least 4 members (excludes halogenated alkanes) is 1. The Morgan fingerprint density at radius 1 is 0.800 bits per heavy atom. The molecule has 0 aromatic heterocycles. The van der Waals surface area contributed by atoms with E-state index in [-0.39, 0.29) is 51.2 Å². The minimum absolute atomic E-state index is 0.182. The number of alkyl carbamates (subject to hydrolysis) is 1. The van der Waals surface area contributed by atoms with Crippen LogP contribution in [0.4, 0.5) is 4.79 Å². The van der Waals surface area contributed by atoms with E-state index in [2.05, 4.69) is 16.0 Å². The standard InChI is InChI=1S/C31H52N4O10/c1-31(2,3)45-30(39)35-26(11-7-8-13-32)29(38)34-23-27(36)33-14-16-41-18-20-43-22-21-42-19-17-40-15-12-28(37)44-24-25-9-5-4-6-10-25/h4-6,9-10,26H,7-8,11-24,32H2,1-3H3,(H,33,36)(H,34,38)(H,35,39). The van der Waals surface area contributed by atoms with E-state index in [4.69, 9.17) is 34.2 Å². The van der Waals surface area contributed by atoms with Crippen LogP contribution in [0.5, 0.6) is 0 Å². The van der Waals surface area contributed by atoms with Gasteiger partial charge in [-0.2, -0.15) is 0 Å². The topological polar surface area (TPSA) is 186 Å². The lowest BCUT2D eigenvalue weighted by molar-refractivity contribution is -0.146. The minimum Gasteiger partial charge on any atom is -0.461 e. The lowest BCUT2D eigenvalue weighted by Gasteiger charge is -2.23. The average Bonchev–Trinajstić information content (AvgIpc) is 3.00. The van der Waals surface area contributed by atoms with Crippen molar-refractivity contribution in [3.63, 3.8) is 0 Å². The Labute approximate surface area is 266 Å². The number of ether oxygens (including phenoxy) is 6. The van der Waals surface area contributed by atoms with Gasteiger partial charge >= 0.3 is 12.1 Å². The molecule has 0 spiro atoms. The molecule has 0 heterocycles. The first-order valence-corrected chi connectivity index (χ1v) is 15.3. The summed E-state index contributed by atoms with van der Waals surface area (Å²) in [5, 5.41) is 7.75. The zero-order valence-corrected chi connectivity index (χ0v) is 26.9. The lowest BCUT2D eigenvalue weighted by atomic mass is 10.1. The van der Waals surface area contributed by atoms with Crippen LogP contribution in [0.2, 0.25) is 0 Å². The van der Waals surface area contributed by atoms with Crippen molar-refractivity contribution in [2.45, 2.75) is 64.7 Å². The third kappa shape index (κ3) is 23.7. The number of hydrogen-bond donors (Lipinski definition) is 4. The Morgan fingerprint density at radius 3 is 2.00 bits per heavy atom. The summed E-state index contributed by atoms with van der Waals surface area (Å²) in [4.78, 5) is 48.5. The van der Waals surface area contributed by atoms with Crippen molar-refractivity contribution in [2.75, 3.05) is 72.5 Å². The van der Waals surface area contributed by atoms with Crippen LogP contribution in [-0.2, 0) is 49.4 Å². The summed E-state index contributed by atoms with van der Waals surface area (Å²) in [6.07, 6.45) is 1.19. The molecule has 45 heavy (non-hydrogen) atoms. The molecule has 1 atom stereocenters. The first-order valence-electron chi connectivity index (χ1n) is 15.3. The number of nitrogens with one attached hydrogen (secondary N) is 3. The second-order valence-electron chi connectivity index (χ2n) is 10.9. The van der Waals surface area contributed by atoms with Crippen molar-refractivity contribution in [3.8, 4) is 0 Å². The fraction of sp³-hybridized carbons (Fsp3) is 0.677. The SMILES string of the molecule is CC(C)(C)OC(=O)NC(CCCCN)C(=O)NCC(=O)NCCOCCOCCOCCOCCC(=O)OCc1ccccc1. The van der Waals surface area contributed by atoms with Crippen LogP contribution < -0.4 is 21.7 Å². The second kappa shape index (κ2) is 25.0. The van der Waals surface area contributed by atoms with E-state index in [1.807, 2.05) is 30.3 Å². The number of carbonyl (C=O) groups excluding carboxylic acids is 4. The molecule has 0 aliphatic heterocycles. The van der Waals surface area contributed by atoms with Crippen LogP contribution in [0.3, 0.4) is 0 Å². The van der Waals surface area contributed by atoms with Crippen molar-refractivity contribution in [3.05, 3.63) is 35.9 Å². The summed E-state index contributed by atoms with van der Waals surface area (Å²) in [5.74, 6) is -1.17. The molecular formula is C31H52N4O10. The summed E-state index contributed by atoms with van der Waals surface area (Å²) >= 11 is 0. The van der Waals surface area contributed by atoms with Gasteiger partial charge in [-0.25, -0.2) is 4.79 Å². The van der Waals surface area contributed by atoms with Gasteiger partial charge in [0.2, 0.25) is 11.8 Å². The van der Waals surface area contributed by atoms with Crippen LogP contribution in [0.25, 0.3) is 0 Å². The molecule has 1 unspecified atom stereocenters. The molecule has 0 radical (unpaired) electrons. The highest BCUT2D eigenvalue weighted by atomic mass is 16.6. The quantitative estimate of drug-likeness (QED) is 0.0895. The highest BCUT2D eigenvalue weighted by Crippen LogP contribution is 2.08. The molecule has 14 heteroatoms. The highest BCUT2D eigenvalue weighted by Gasteiger charge is 2.24. The molecule has 1 rings (SSSR count). The second-order valence-corrected chi connectivity index (χ2v) is 10.9. The van der Waals surface area contributed by atoms with Gasteiger partial charge in [-0.1, -0.05) is 30.3 Å². The monoisotopic (exact) mass is 640 g/mol. The fourth-order valence-electron chi connectivity index (χ4n) is 3.55. The van der Waals surface area contributed by atoms with Gasteiger partial charge in [-0.15, -0.1) is 0 Å². The first kappa shape index (κ1) is 39.7. The van der Waals surface area contributed by atoms with Crippen molar-refractivity contribution in [1.29, 1.82) is 0 Å². The van der Waals surface area contributed by atoms with E-state index in [9.17, 15) is 19.2 Å². The Bertz CT molecular complexity index is 959. The summed E-state index contributed by atoms with van der Waals surface area (Å²) in [6.45, 7) is 8.72. The zero-order chi connectivity index (χ0) is 33.2. The lowest BCUT2D eigenvalue weighted by Crippen LogP contribution is -2.50. The van der Waals surface area contributed by atoms with Gasteiger partial charge in [-0.3, -0.25) is 14.4 Å². The minimum atomic E-state index is -0.839.